The van der Waals surface area contributed by atoms with Gasteiger partial charge in [0.25, 0.3) is 5.91 Å². The van der Waals surface area contributed by atoms with E-state index >= 15 is 0 Å². The molecule has 0 saturated heterocycles. The molecular formula is C21H11BrClF3N2O2. The van der Waals surface area contributed by atoms with Crippen molar-refractivity contribution in [3.05, 3.63) is 81.3 Å². The van der Waals surface area contributed by atoms with Gasteiger partial charge in [-0.15, -0.1) is 0 Å². The van der Waals surface area contributed by atoms with Gasteiger partial charge in [-0.2, -0.15) is 13.2 Å². The van der Waals surface area contributed by atoms with Crippen LogP contribution >= 0.6 is 27.5 Å². The van der Waals surface area contributed by atoms with Crippen molar-refractivity contribution in [3.63, 3.8) is 0 Å². The van der Waals surface area contributed by atoms with Crippen molar-refractivity contribution in [1.82, 2.24) is 5.16 Å². The molecule has 1 aromatic heterocycles. The van der Waals surface area contributed by atoms with Gasteiger partial charge < -0.3 is 9.84 Å². The number of fused-ring (bicyclic) bond motifs is 1. The van der Waals surface area contributed by atoms with Gasteiger partial charge in [0.05, 0.1) is 21.7 Å². The maximum absolute atomic E-state index is 13.0. The summed E-state index contributed by atoms with van der Waals surface area (Å²) in [4.78, 5) is 12.7. The first kappa shape index (κ1) is 20.4. The highest BCUT2D eigenvalue weighted by molar-refractivity contribution is 9.10. The average Bonchev–Trinajstić information content (AvgIpc) is 3.12. The van der Waals surface area contributed by atoms with E-state index in [1.807, 2.05) is 24.3 Å². The van der Waals surface area contributed by atoms with E-state index in [0.717, 1.165) is 28.2 Å². The minimum atomic E-state index is -4.55. The Balaban J connectivity index is 1.68. The first-order valence-electron chi connectivity index (χ1n) is 8.56. The fourth-order valence-corrected chi connectivity index (χ4v) is 3.31. The molecular weight excluding hydrogens is 485 g/mol. The third-order valence-corrected chi connectivity index (χ3v) is 5.25. The van der Waals surface area contributed by atoms with Crippen LogP contribution in [0.2, 0.25) is 5.02 Å². The number of aromatic nitrogens is 1. The number of rotatable bonds is 3. The highest BCUT2D eigenvalue weighted by atomic mass is 79.9. The molecule has 1 heterocycles. The van der Waals surface area contributed by atoms with Crippen LogP contribution in [0.5, 0.6) is 0 Å². The molecule has 0 atom stereocenters. The molecule has 0 unspecified atom stereocenters. The third-order valence-electron chi connectivity index (χ3n) is 4.39. The summed E-state index contributed by atoms with van der Waals surface area (Å²) in [6.45, 7) is 0. The van der Waals surface area contributed by atoms with Gasteiger partial charge in [-0.3, -0.25) is 4.79 Å². The zero-order chi connectivity index (χ0) is 21.5. The van der Waals surface area contributed by atoms with Crippen molar-refractivity contribution < 1.29 is 22.5 Å². The number of amides is 1. The van der Waals surface area contributed by atoms with Crippen molar-refractivity contribution >= 4 is 50.0 Å². The quantitative estimate of drug-likeness (QED) is 0.327. The van der Waals surface area contributed by atoms with Gasteiger partial charge in [-0.05, 0) is 60.7 Å². The Labute approximate surface area is 181 Å². The van der Waals surface area contributed by atoms with E-state index in [9.17, 15) is 18.0 Å². The monoisotopic (exact) mass is 494 g/mol. The van der Waals surface area contributed by atoms with Gasteiger partial charge in [-0.1, -0.05) is 32.7 Å². The van der Waals surface area contributed by atoms with Gasteiger partial charge in [0.2, 0.25) is 0 Å². The molecule has 152 valence electrons. The summed E-state index contributed by atoms with van der Waals surface area (Å²) in [7, 11) is 0. The van der Waals surface area contributed by atoms with Crippen LogP contribution in [0.15, 0.2) is 69.7 Å². The molecule has 0 aliphatic heterocycles. The Morgan fingerprint density at radius 3 is 2.47 bits per heavy atom. The lowest BCUT2D eigenvalue weighted by Crippen LogP contribution is -2.13. The molecule has 30 heavy (non-hydrogen) atoms. The minimum absolute atomic E-state index is 0.00189. The summed E-state index contributed by atoms with van der Waals surface area (Å²) in [6.07, 6.45) is -4.55. The van der Waals surface area contributed by atoms with Gasteiger partial charge in [-0.25, -0.2) is 0 Å². The molecule has 3 aromatic carbocycles. The fourth-order valence-electron chi connectivity index (χ4n) is 2.88. The van der Waals surface area contributed by atoms with Crippen molar-refractivity contribution in [2.75, 3.05) is 5.32 Å². The molecule has 0 bridgehead atoms. The van der Waals surface area contributed by atoms with Gasteiger partial charge in [0.15, 0.2) is 5.76 Å². The molecule has 0 aliphatic carbocycles. The Morgan fingerprint density at radius 1 is 1.03 bits per heavy atom. The molecule has 4 rings (SSSR count). The number of benzene rings is 3. The second-order valence-corrected chi connectivity index (χ2v) is 7.72. The number of carbonyl (C=O) groups is 1. The van der Waals surface area contributed by atoms with E-state index in [2.05, 4.69) is 26.4 Å². The molecule has 9 heteroatoms. The maximum atomic E-state index is 13.0. The molecule has 0 aliphatic rings. The topological polar surface area (TPSA) is 55.1 Å². The number of halogens is 5. The number of hydrogen-bond acceptors (Lipinski definition) is 3. The van der Waals surface area contributed by atoms with Crippen LogP contribution < -0.4 is 5.32 Å². The van der Waals surface area contributed by atoms with Gasteiger partial charge in [0.1, 0.15) is 5.52 Å². The summed E-state index contributed by atoms with van der Waals surface area (Å²) >= 11 is 9.33. The normalized spacial score (nSPS) is 11.6. The zero-order valence-corrected chi connectivity index (χ0v) is 17.3. The first-order chi connectivity index (χ1) is 14.2. The SMILES string of the molecule is O=C(Nc1cc(C(F)(F)F)ccc1Cl)c1ccc2noc(-c3ccc(Br)cc3)c2c1. The summed E-state index contributed by atoms with van der Waals surface area (Å²) in [5.74, 6) is -0.134. The summed E-state index contributed by atoms with van der Waals surface area (Å²) in [6, 6.07) is 14.8. The molecule has 1 amide bonds. The standard InChI is InChI=1S/C21H11BrClF3N2O2/c22-14-5-1-11(2-6-14)19-15-9-12(3-8-17(15)28-30-19)20(29)27-18-10-13(21(24,25)26)4-7-16(18)23/h1-10H,(H,27,29). The lowest BCUT2D eigenvalue weighted by molar-refractivity contribution is -0.137. The van der Waals surface area contributed by atoms with Crippen LogP contribution in [0.1, 0.15) is 15.9 Å². The number of hydrogen-bond donors (Lipinski definition) is 1. The highest BCUT2D eigenvalue weighted by Crippen LogP contribution is 2.34. The molecule has 0 saturated carbocycles. The minimum Gasteiger partial charge on any atom is -0.355 e. The van der Waals surface area contributed by atoms with E-state index in [1.165, 1.54) is 6.07 Å². The van der Waals surface area contributed by atoms with Crippen LogP contribution in [0.4, 0.5) is 18.9 Å². The van der Waals surface area contributed by atoms with E-state index in [4.69, 9.17) is 16.1 Å². The number of nitrogens with zero attached hydrogens (tertiary/aromatic N) is 1. The smallest absolute Gasteiger partial charge is 0.355 e. The van der Waals surface area contributed by atoms with Crippen LogP contribution in [-0.2, 0) is 6.18 Å². The molecule has 4 aromatic rings. The van der Waals surface area contributed by atoms with Crippen LogP contribution in [0.3, 0.4) is 0 Å². The van der Waals surface area contributed by atoms with E-state index < -0.39 is 17.6 Å². The molecule has 1 N–H and O–H groups in total. The number of carbonyl (C=O) groups excluding carboxylic acids is 1. The van der Waals surface area contributed by atoms with Crippen LogP contribution in [0.25, 0.3) is 22.2 Å². The van der Waals surface area contributed by atoms with E-state index in [1.54, 1.807) is 12.1 Å². The molecule has 0 spiro atoms. The third kappa shape index (κ3) is 4.06. The average molecular weight is 496 g/mol. The maximum Gasteiger partial charge on any atom is 0.416 e. The highest BCUT2D eigenvalue weighted by Gasteiger charge is 2.31. The predicted octanol–water partition coefficient (Wildman–Crippen LogP) is 7.18. The van der Waals surface area contributed by atoms with Crippen molar-refractivity contribution in [3.8, 4) is 11.3 Å². The van der Waals surface area contributed by atoms with Crippen molar-refractivity contribution in [2.45, 2.75) is 6.18 Å². The first-order valence-corrected chi connectivity index (χ1v) is 9.73. The lowest BCUT2D eigenvalue weighted by Gasteiger charge is -2.11. The van der Waals surface area contributed by atoms with Gasteiger partial charge in [0, 0.05) is 15.6 Å². The number of nitrogens with one attached hydrogen (secondary N) is 1. The number of anilines is 1. The molecule has 4 nitrogen and oxygen atoms in total. The van der Waals surface area contributed by atoms with E-state index in [-0.39, 0.29) is 16.3 Å². The Bertz CT molecular complexity index is 1250. The summed E-state index contributed by atoms with van der Waals surface area (Å²) in [5, 5.41) is 7.02. The lowest BCUT2D eigenvalue weighted by atomic mass is 10.1. The zero-order valence-electron chi connectivity index (χ0n) is 14.9. The second-order valence-electron chi connectivity index (χ2n) is 6.40. The Morgan fingerprint density at radius 2 is 1.77 bits per heavy atom. The molecule has 0 fully saturated rings. The number of alkyl halides is 3. The fraction of sp³-hybridized carbons (Fsp3) is 0.0476. The Kier molecular flexibility index (Phi) is 5.29. The Hall–Kier alpha value is -2.84. The van der Waals surface area contributed by atoms with Gasteiger partial charge >= 0.3 is 6.18 Å². The van der Waals surface area contributed by atoms with Crippen molar-refractivity contribution in [1.29, 1.82) is 0 Å². The van der Waals surface area contributed by atoms with Crippen LogP contribution in [-0.4, -0.2) is 11.1 Å². The molecule has 0 radical (unpaired) electrons. The summed E-state index contributed by atoms with van der Waals surface area (Å²) < 4.78 is 45.2. The largest absolute Gasteiger partial charge is 0.416 e. The second kappa shape index (κ2) is 7.77. The van der Waals surface area contributed by atoms with Crippen molar-refractivity contribution in [2.24, 2.45) is 0 Å². The predicted molar refractivity (Wildman–Crippen MR) is 112 cm³/mol. The summed E-state index contributed by atoms with van der Waals surface area (Å²) in [5.41, 5.74) is 0.488. The van der Waals surface area contributed by atoms with E-state index in [0.29, 0.717) is 16.7 Å². The van der Waals surface area contributed by atoms with Crippen LogP contribution in [0, 0.1) is 0 Å².